The predicted octanol–water partition coefficient (Wildman–Crippen LogP) is 1.44. The lowest BCUT2D eigenvalue weighted by molar-refractivity contribution is -0.928. The highest BCUT2D eigenvalue weighted by Crippen LogP contribution is 2.21. The maximum atomic E-state index is 12.8. The molecule has 0 aliphatic carbocycles. The minimum Gasteiger partial charge on any atom is -0.352 e. The lowest BCUT2D eigenvalue weighted by Gasteiger charge is -2.30. The molecule has 7 heteroatoms. The lowest BCUT2D eigenvalue weighted by Crippen LogP contribution is -3.16. The molecule has 2 N–H and O–H groups in total. The van der Waals surface area contributed by atoms with Crippen LogP contribution < -0.4 is 10.2 Å². The van der Waals surface area contributed by atoms with Crippen LogP contribution in [0.5, 0.6) is 0 Å². The van der Waals surface area contributed by atoms with Crippen molar-refractivity contribution < 1.29 is 18.1 Å². The van der Waals surface area contributed by atoms with E-state index in [2.05, 4.69) is 12.2 Å². The molecule has 2 fully saturated rings. The fourth-order valence-electron chi connectivity index (χ4n) is 4.30. The van der Waals surface area contributed by atoms with Crippen LogP contribution in [-0.2, 0) is 10.0 Å². The summed E-state index contributed by atoms with van der Waals surface area (Å²) in [7, 11) is -3.51. The average Bonchev–Trinajstić information content (AvgIpc) is 2.73. The van der Waals surface area contributed by atoms with Crippen LogP contribution in [0.3, 0.4) is 0 Å². The maximum absolute atomic E-state index is 12.8. The van der Waals surface area contributed by atoms with Gasteiger partial charge in [0.1, 0.15) is 0 Å². The standard InChI is InChI=1S/C21H33N3O3S/c1-18-9-3-6-13-23(18)14-8-12-22-21(25)19-10-7-11-20(17-19)28(26,27)24-15-4-2-5-16-24/h7,10-11,17-18H,2-6,8-9,12-16H2,1H3,(H,22,25)/p+1/t18-/m0/s1. The van der Waals surface area contributed by atoms with E-state index in [1.807, 2.05) is 0 Å². The summed E-state index contributed by atoms with van der Waals surface area (Å²) in [6, 6.07) is 7.15. The van der Waals surface area contributed by atoms with E-state index in [0.29, 0.717) is 31.2 Å². The molecule has 2 saturated heterocycles. The fourth-order valence-corrected chi connectivity index (χ4v) is 5.86. The van der Waals surface area contributed by atoms with Gasteiger partial charge in [-0.2, -0.15) is 4.31 Å². The monoisotopic (exact) mass is 408 g/mol. The second kappa shape index (κ2) is 9.85. The van der Waals surface area contributed by atoms with Crippen LogP contribution in [-0.4, -0.2) is 57.4 Å². The Kier molecular flexibility index (Phi) is 7.48. The van der Waals surface area contributed by atoms with Crippen LogP contribution in [0, 0.1) is 0 Å². The van der Waals surface area contributed by atoms with Gasteiger partial charge in [0.15, 0.2) is 0 Å². The summed E-state index contributed by atoms with van der Waals surface area (Å²) in [5.41, 5.74) is 0.414. The molecule has 156 valence electrons. The van der Waals surface area contributed by atoms with Crippen molar-refractivity contribution in [2.24, 2.45) is 0 Å². The van der Waals surface area contributed by atoms with Crippen molar-refractivity contribution >= 4 is 15.9 Å². The summed E-state index contributed by atoms with van der Waals surface area (Å²) in [4.78, 5) is 14.3. The summed E-state index contributed by atoms with van der Waals surface area (Å²) >= 11 is 0. The largest absolute Gasteiger partial charge is 0.352 e. The number of sulfonamides is 1. The molecule has 0 radical (unpaired) electrons. The van der Waals surface area contributed by atoms with Gasteiger partial charge in [0, 0.05) is 31.6 Å². The minimum absolute atomic E-state index is 0.197. The Balaban J connectivity index is 1.53. The number of hydrogen-bond donors (Lipinski definition) is 2. The summed E-state index contributed by atoms with van der Waals surface area (Å²) in [6.07, 6.45) is 7.74. The molecular formula is C21H34N3O3S+. The Morgan fingerprint density at radius 3 is 2.71 bits per heavy atom. The number of quaternary nitrogens is 1. The van der Waals surface area contributed by atoms with Crippen molar-refractivity contribution in [2.45, 2.75) is 62.8 Å². The maximum Gasteiger partial charge on any atom is 0.251 e. The van der Waals surface area contributed by atoms with Crippen molar-refractivity contribution in [3.63, 3.8) is 0 Å². The first-order chi connectivity index (χ1) is 13.5. The number of benzene rings is 1. The van der Waals surface area contributed by atoms with E-state index in [1.165, 1.54) is 36.2 Å². The molecule has 0 spiro atoms. The van der Waals surface area contributed by atoms with Crippen LogP contribution in [0.4, 0.5) is 0 Å². The molecule has 2 heterocycles. The van der Waals surface area contributed by atoms with Crippen LogP contribution in [0.2, 0.25) is 0 Å². The van der Waals surface area contributed by atoms with E-state index in [1.54, 1.807) is 23.1 Å². The van der Waals surface area contributed by atoms with E-state index in [0.717, 1.165) is 32.2 Å². The zero-order valence-corrected chi connectivity index (χ0v) is 17.8. The predicted molar refractivity (Wildman–Crippen MR) is 110 cm³/mol. The topological polar surface area (TPSA) is 70.9 Å². The van der Waals surface area contributed by atoms with Gasteiger partial charge in [-0.05, 0) is 57.2 Å². The molecule has 0 bridgehead atoms. The number of carbonyl (C=O) groups excluding carboxylic acids is 1. The number of hydrogen-bond acceptors (Lipinski definition) is 3. The average molecular weight is 409 g/mol. The van der Waals surface area contributed by atoms with E-state index in [9.17, 15) is 13.2 Å². The van der Waals surface area contributed by atoms with Crippen LogP contribution in [0.1, 0.15) is 62.2 Å². The summed E-state index contributed by atoms with van der Waals surface area (Å²) in [5.74, 6) is -0.197. The van der Waals surface area contributed by atoms with Crippen molar-refractivity contribution in [2.75, 3.05) is 32.7 Å². The van der Waals surface area contributed by atoms with E-state index >= 15 is 0 Å². The SMILES string of the molecule is C[C@H]1CCCC[NH+]1CCCNC(=O)c1cccc(S(=O)(=O)N2CCCCC2)c1. The molecule has 3 rings (SSSR count). The Morgan fingerprint density at radius 1 is 1.18 bits per heavy atom. The number of piperidine rings is 2. The number of nitrogens with one attached hydrogen (secondary N) is 2. The first-order valence-corrected chi connectivity index (χ1v) is 12.2. The minimum atomic E-state index is -3.51. The molecule has 2 aliphatic heterocycles. The van der Waals surface area contributed by atoms with Gasteiger partial charge in [-0.1, -0.05) is 12.5 Å². The third-order valence-electron chi connectivity index (χ3n) is 6.09. The Labute approximate surface area is 169 Å². The molecule has 2 aliphatic rings. The van der Waals surface area contributed by atoms with Gasteiger partial charge in [-0.15, -0.1) is 0 Å². The molecule has 0 aromatic heterocycles. The first kappa shape index (κ1) is 21.3. The van der Waals surface area contributed by atoms with Crippen LogP contribution in [0.25, 0.3) is 0 Å². The molecule has 28 heavy (non-hydrogen) atoms. The number of carbonyl (C=O) groups is 1. The molecule has 0 saturated carbocycles. The van der Waals surface area contributed by atoms with Gasteiger partial charge in [0.25, 0.3) is 5.91 Å². The lowest BCUT2D eigenvalue weighted by atomic mass is 10.0. The highest BCUT2D eigenvalue weighted by atomic mass is 32.2. The third-order valence-corrected chi connectivity index (χ3v) is 7.99. The van der Waals surface area contributed by atoms with Crippen LogP contribution in [0.15, 0.2) is 29.2 Å². The summed E-state index contributed by atoms with van der Waals surface area (Å²) < 4.78 is 27.2. The van der Waals surface area contributed by atoms with Crippen molar-refractivity contribution in [3.05, 3.63) is 29.8 Å². The molecule has 1 aromatic carbocycles. The molecule has 6 nitrogen and oxygen atoms in total. The number of nitrogens with zero attached hydrogens (tertiary/aromatic N) is 1. The van der Waals surface area contributed by atoms with Gasteiger partial charge in [0.2, 0.25) is 10.0 Å². The zero-order chi connectivity index (χ0) is 20.0. The molecule has 1 amide bonds. The normalized spacial score (nSPS) is 24.0. The molecule has 1 aromatic rings. The summed E-state index contributed by atoms with van der Waals surface area (Å²) in [6.45, 7) is 6.36. The first-order valence-electron chi connectivity index (χ1n) is 10.7. The Morgan fingerprint density at radius 2 is 1.96 bits per heavy atom. The van der Waals surface area contributed by atoms with Crippen molar-refractivity contribution in [3.8, 4) is 0 Å². The Bertz CT molecular complexity index is 760. The smallest absolute Gasteiger partial charge is 0.251 e. The van der Waals surface area contributed by atoms with Crippen molar-refractivity contribution in [1.29, 1.82) is 0 Å². The van der Waals surface area contributed by atoms with Gasteiger partial charge in [-0.3, -0.25) is 4.79 Å². The second-order valence-electron chi connectivity index (χ2n) is 8.16. The van der Waals surface area contributed by atoms with E-state index < -0.39 is 10.0 Å². The molecule has 1 unspecified atom stereocenters. The molecule has 2 atom stereocenters. The number of rotatable bonds is 7. The van der Waals surface area contributed by atoms with Gasteiger partial charge < -0.3 is 10.2 Å². The Hall–Kier alpha value is -1.44. The number of likely N-dealkylation sites (tertiary alicyclic amines) is 1. The highest BCUT2D eigenvalue weighted by molar-refractivity contribution is 7.89. The fraction of sp³-hybridized carbons (Fsp3) is 0.667. The van der Waals surface area contributed by atoms with Gasteiger partial charge in [-0.25, -0.2) is 8.42 Å². The van der Waals surface area contributed by atoms with E-state index in [4.69, 9.17) is 0 Å². The third kappa shape index (κ3) is 5.33. The number of amides is 1. The van der Waals surface area contributed by atoms with Crippen molar-refractivity contribution in [1.82, 2.24) is 9.62 Å². The van der Waals surface area contributed by atoms with Gasteiger partial charge in [0.05, 0.1) is 24.0 Å². The zero-order valence-electron chi connectivity index (χ0n) is 17.0. The quantitative estimate of drug-likeness (QED) is 0.671. The van der Waals surface area contributed by atoms with Crippen LogP contribution >= 0.6 is 0 Å². The highest BCUT2D eigenvalue weighted by Gasteiger charge is 2.26. The van der Waals surface area contributed by atoms with Gasteiger partial charge >= 0.3 is 0 Å². The summed E-state index contributed by atoms with van der Waals surface area (Å²) in [5, 5.41) is 2.95. The molecular weight excluding hydrogens is 374 g/mol. The second-order valence-corrected chi connectivity index (χ2v) is 10.1. The van der Waals surface area contributed by atoms with E-state index in [-0.39, 0.29) is 10.8 Å².